The molecule has 0 spiro atoms. The van der Waals surface area contributed by atoms with E-state index in [0.717, 1.165) is 6.42 Å². The molecular weight excluding hydrogens is 294 g/mol. The molecule has 1 aliphatic heterocycles. The third-order valence-electron chi connectivity index (χ3n) is 4.09. The van der Waals surface area contributed by atoms with Crippen LogP contribution in [0.1, 0.15) is 41.6 Å². The van der Waals surface area contributed by atoms with Gasteiger partial charge in [-0.15, -0.1) is 0 Å². The molecule has 6 heteroatoms. The maximum atomic E-state index is 12.3. The molecule has 0 unspecified atom stereocenters. The summed E-state index contributed by atoms with van der Waals surface area (Å²) < 4.78 is 10.7. The van der Waals surface area contributed by atoms with Gasteiger partial charge in [0.25, 0.3) is 5.91 Å². The van der Waals surface area contributed by atoms with E-state index in [1.54, 1.807) is 18.5 Å². The van der Waals surface area contributed by atoms with E-state index in [0.29, 0.717) is 24.7 Å². The normalized spacial score (nSPS) is 20.8. The SMILES string of the molecule is CC(C)c1cc(C(=O)N[C@H]2COC[C@H]2Cc2ccncc2)no1. The smallest absolute Gasteiger partial charge is 0.273 e. The summed E-state index contributed by atoms with van der Waals surface area (Å²) in [6.07, 6.45) is 4.41. The summed E-state index contributed by atoms with van der Waals surface area (Å²) in [4.78, 5) is 16.4. The Kier molecular flexibility index (Phi) is 4.71. The van der Waals surface area contributed by atoms with Gasteiger partial charge in [-0.3, -0.25) is 9.78 Å². The van der Waals surface area contributed by atoms with Gasteiger partial charge in [0.1, 0.15) is 5.76 Å². The van der Waals surface area contributed by atoms with Gasteiger partial charge in [0, 0.05) is 30.3 Å². The Balaban J connectivity index is 1.62. The molecule has 6 nitrogen and oxygen atoms in total. The summed E-state index contributed by atoms with van der Waals surface area (Å²) >= 11 is 0. The van der Waals surface area contributed by atoms with Crippen LogP contribution in [0.25, 0.3) is 0 Å². The Bertz CT molecular complexity index is 654. The molecule has 1 saturated heterocycles. The molecule has 2 atom stereocenters. The van der Waals surface area contributed by atoms with Crippen molar-refractivity contribution in [2.75, 3.05) is 13.2 Å². The van der Waals surface area contributed by atoms with Gasteiger partial charge in [0.05, 0.1) is 19.3 Å². The number of rotatable bonds is 5. The summed E-state index contributed by atoms with van der Waals surface area (Å²) in [7, 11) is 0. The summed E-state index contributed by atoms with van der Waals surface area (Å²) in [5.41, 5.74) is 1.52. The van der Waals surface area contributed by atoms with Crippen LogP contribution in [0.5, 0.6) is 0 Å². The van der Waals surface area contributed by atoms with Gasteiger partial charge in [0.2, 0.25) is 0 Å². The lowest BCUT2D eigenvalue weighted by Gasteiger charge is -2.18. The second-order valence-corrected chi connectivity index (χ2v) is 6.21. The first kappa shape index (κ1) is 15.7. The minimum atomic E-state index is -0.212. The summed E-state index contributed by atoms with van der Waals surface area (Å²) in [5, 5.41) is 6.87. The zero-order chi connectivity index (χ0) is 16.2. The fourth-order valence-electron chi connectivity index (χ4n) is 2.69. The predicted molar refractivity (Wildman–Crippen MR) is 84.1 cm³/mol. The number of carbonyl (C=O) groups excluding carboxylic acids is 1. The summed E-state index contributed by atoms with van der Waals surface area (Å²) in [6, 6.07) is 5.66. The highest BCUT2D eigenvalue weighted by Crippen LogP contribution is 2.20. The largest absolute Gasteiger partial charge is 0.379 e. The first-order valence-electron chi connectivity index (χ1n) is 7.87. The van der Waals surface area contributed by atoms with E-state index < -0.39 is 0 Å². The van der Waals surface area contributed by atoms with Crippen LogP contribution in [0.4, 0.5) is 0 Å². The average Bonchev–Trinajstić information content (AvgIpc) is 3.18. The van der Waals surface area contributed by atoms with E-state index in [9.17, 15) is 4.79 Å². The van der Waals surface area contributed by atoms with Crippen LogP contribution in [-0.2, 0) is 11.2 Å². The second kappa shape index (κ2) is 6.91. The first-order chi connectivity index (χ1) is 11.1. The minimum absolute atomic E-state index is 0.0186. The number of ether oxygens (including phenoxy) is 1. The lowest BCUT2D eigenvalue weighted by Crippen LogP contribution is -2.40. The van der Waals surface area contributed by atoms with Gasteiger partial charge in [0.15, 0.2) is 5.69 Å². The Morgan fingerprint density at radius 2 is 2.13 bits per heavy atom. The number of nitrogens with one attached hydrogen (secondary N) is 1. The number of amides is 1. The maximum absolute atomic E-state index is 12.3. The van der Waals surface area contributed by atoms with E-state index in [1.807, 2.05) is 26.0 Å². The van der Waals surface area contributed by atoms with E-state index in [-0.39, 0.29) is 23.8 Å². The van der Waals surface area contributed by atoms with Gasteiger partial charge in [-0.05, 0) is 24.1 Å². The van der Waals surface area contributed by atoms with Crippen molar-refractivity contribution < 1.29 is 14.1 Å². The molecule has 3 rings (SSSR count). The third-order valence-corrected chi connectivity index (χ3v) is 4.09. The first-order valence-corrected chi connectivity index (χ1v) is 7.87. The lowest BCUT2D eigenvalue weighted by atomic mass is 9.95. The Labute approximate surface area is 135 Å². The molecule has 1 N–H and O–H groups in total. The van der Waals surface area contributed by atoms with E-state index >= 15 is 0 Å². The fraction of sp³-hybridized carbons (Fsp3) is 0.471. The molecule has 3 heterocycles. The van der Waals surface area contributed by atoms with Crippen LogP contribution in [0.15, 0.2) is 35.1 Å². The molecule has 1 fully saturated rings. The Hall–Kier alpha value is -2.21. The van der Waals surface area contributed by atoms with Crippen molar-refractivity contribution in [3.8, 4) is 0 Å². The second-order valence-electron chi connectivity index (χ2n) is 6.21. The molecule has 122 valence electrons. The van der Waals surface area contributed by atoms with Crippen molar-refractivity contribution in [2.45, 2.75) is 32.2 Å². The van der Waals surface area contributed by atoms with Crippen molar-refractivity contribution in [1.82, 2.24) is 15.5 Å². The summed E-state index contributed by atoms with van der Waals surface area (Å²) in [5.74, 6) is 0.957. The number of hydrogen-bond donors (Lipinski definition) is 1. The van der Waals surface area contributed by atoms with Gasteiger partial charge in [-0.1, -0.05) is 19.0 Å². The molecule has 0 radical (unpaired) electrons. The molecule has 2 aromatic rings. The molecule has 0 saturated carbocycles. The number of hydrogen-bond acceptors (Lipinski definition) is 5. The quantitative estimate of drug-likeness (QED) is 0.915. The van der Waals surface area contributed by atoms with Crippen LogP contribution in [-0.4, -0.2) is 35.3 Å². The zero-order valence-electron chi connectivity index (χ0n) is 13.4. The molecule has 1 amide bonds. The number of nitrogens with zero attached hydrogens (tertiary/aromatic N) is 2. The van der Waals surface area contributed by atoms with Crippen LogP contribution >= 0.6 is 0 Å². The molecule has 0 bridgehead atoms. The van der Waals surface area contributed by atoms with Gasteiger partial charge >= 0.3 is 0 Å². The number of carbonyl (C=O) groups is 1. The van der Waals surface area contributed by atoms with Crippen molar-refractivity contribution in [1.29, 1.82) is 0 Å². The standard InChI is InChI=1S/C17H21N3O3/c1-11(2)16-8-14(20-23-16)17(21)19-15-10-22-9-13(15)7-12-3-5-18-6-4-12/h3-6,8,11,13,15H,7,9-10H2,1-2H3,(H,19,21)/t13-,15+/m1/s1. The maximum Gasteiger partial charge on any atom is 0.273 e. The van der Waals surface area contributed by atoms with Crippen molar-refractivity contribution >= 4 is 5.91 Å². The van der Waals surface area contributed by atoms with E-state index in [4.69, 9.17) is 9.26 Å². The highest BCUT2D eigenvalue weighted by Gasteiger charge is 2.30. The highest BCUT2D eigenvalue weighted by molar-refractivity contribution is 5.92. The molecular formula is C17H21N3O3. The number of aromatic nitrogens is 2. The average molecular weight is 315 g/mol. The summed E-state index contributed by atoms with van der Waals surface area (Å²) in [6.45, 7) is 5.16. The Morgan fingerprint density at radius 3 is 2.83 bits per heavy atom. The van der Waals surface area contributed by atoms with Gasteiger partial charge in [-0.25, -0.2) is 0 Å². The van der Waals surface area contributed by atoms with E-state index in [2.05, 4.69) is 15.5 Å². The van der Waals surface area contributed by atoms with Crippen LogP contribution in [0.2, 0.25) is 0 Å². The molecule has 0 aliphatic carbocycles. The molecule has 2 aromatic heterocycles. The highest BCUT2D eigenvalue weighted by atomic mass is 16.5. The predicted octanol–water partition coefficient (Wildman–Crippen LogP) is 2.18. The zero-order valence-corrected chi connectivity index (χ0v) is 13.4. The topological polar surface area (TPSA) is 77.2 Å². The van der Waals surface area contributed by atoms with E-state index in [1.165, 1.54) is 5.56 Å². The van der Waals surface area contributed by atoms with Crippen molar-refractivity contribution in [3.05, 3.63) is 47.6 Å². The molecule has 0 aromatic carbocycles. The molecule has 23 heavy (non-hydrogen) atoms. The third kappa shape index (κ3) is 3.76. The van der Waals surface area contributed by atoms with Crippen LogP contribution < -0.4 is 5.32 Å². The fourth-order valence-corrected chi connectivity index (χ4v) is 2.69. The van der Waals surface area contributed by atoms with Gasteiger partial charge < -0.3 is 14.6 Å². The lowest BCUT2D eigenvalue weighted by molar-refractivity contribution is 0.0915. The van der Waals surface area contributed by atoms with Crippen LogP contribution in [0.3, 0.4) is 0 Å². The molecule has 1 aliphatic rings. The Morgan fingerprint density at radius 1 is 1.35 bits per heavy atom. The van der Waals surface area contributed by atoms with Crippen molar-refractivity contribution in [3.63, 3.8) is 0 Å². The minimum Gasteiger partial charge on any atom is -0.379 e. The van der Waals surface area contributed by atoms with Crippen LogP contribution in [0, 0.1) is 5.92 Å². The monoisotopic (exact) mass is 315 g/mol. The number of pyridine rings is 1. The van der Waals surface area contributed by atoms with Crippen molar-refractivity contribution in [2.24, 2.45) is 5.92 Å². The van der Waals surface area contributed by atoms with Gasteiger partial charge in [-0.2, -0.15) is 0 Å².